The van der Waals surface area contributed by atoms with E-state index in [1.807, 2.05) is 0 Å². The normalized spacial score (nSPS) is 18.4. The van der Waals surface area contributed by atoms with E-state index in [1.165, 1.54) is 6.20 Å². The average molecular weight is 454 g/mol. The third kappa shape index (κ3) is 4.40. The van der Waals surface area contributed by atoms with Gasteiger partial charge in [-0.3, -0.25) is 14.4 Å². The maximum Gasteiger partial charge on any atom is 0.257 e. The molecule has 2 atom stereocenters. The topological polar surface area (TPSA) is 114 Å². The Balaban J connectivity index is 1.74. The zero-order valence-electron chi connectivity index (χ0n) is 17.4. The van der Waals surface area contributed by atoms with Crippen LogP contribution in [-0.4, -0.2) is 33.6 Å². The van der Waals surface area contributed by atoms with Crippen LogP contribution >= 0.6 is 11.6 Å². The summed E-state index contributed by atoms with van der Waals surface area (Å²) in [6, 6.07) is 11.4. The molecular weight excluding hydrogens is 430 g/mol. The molecule has 1 aliphatic rings. The lowest BCUT2D eigenvalue weighted by Crippen LogP contribution is -2.46. The minimum absolute atomic E-state index is 0.00806. The summed E-state index contributed by atoms with van der Waals surface area (Å²) in [6.45, 7) is 0.325. The van der Waals surface area contributed by atoms with Crippen molar-refractivity contribution in [1.82, 2.24) is 9.88 Å². The molecular formula is C24H24ClN3O4. The summed E-state index contributed by atoms with van der Waals surface area (Å²) in [5.74, 6) is -1.03. The number of para-hydroxylation sites is 1. The molecule has 1 saturated carbocycles. The lowest BCUT2D eigenvalue weighted by atomic mass is 9.92. The number of benzene rings is 2. The number of hydrogen-bond acceptors (Lipinski definition) is 4. The molecule has 8 heteroatoms. The van der Waals surface area contributed by atoms with Gasteiger partial charge in [-0.1, -0.05) is 42.6 Å². The number of primary amides is 1. The minimum atomic E-state index is -0.617. The number of aliphatic hydroxyl groups is 1. The Kier molecular flexibility index (Phi) is 6.30. The number of halogens is 1. The molecule has 166 valence electrons. The standard InChI is InChI=1S/C24H24ClN3O4/c25-18-5-3-4-16-21(18)28(12-14-8-10-15(11-9-14)23(26)31)13-17(22(16)30)24(32)27-19-6-1-2-7-20(19)29/h3-5,8-11,13,19-20,29H,1-2,6-7,12H2,(H2,26,31)(H,27,32). The Morgan fingerprint density at radius 1 is 1.12 bits per heavy atom. The van der Waals surface area contributed by atoms with Crippen molar-refractivity contribution in [3.05, 3.63) is 80.6 Å². The molecule has 0 spiro atoms. The van der Waals surface area contributed by atoms with Crippen LogP contribution in [0.4, 0.5) is 0 Å². The third-order valence-electron chi connectivity index (χ3n) is 5.93. The molecule has 0 bridgehead atoms. The fourth-order valence-corrected chi connectivity index (χ4v) is 4.48. The number of nitrogens with zero attached hydrogens (tertiary/aromatic N) is 1. The van der Waals surface area contributed by atoms with Gasteiger partial charge < -0.3 is 20.7 Å². The number of pyridine rings is 1. The van der Waals surface area contributed by atoms with E-state index in [2.05, 4.69) is 5.32 Å². The summed E-state index contributed by atoms with van der Waals surface area (Å²) < 4.78 is 1.75. The van der Waals surface area contributed by atoms with E-state index in [-0.39, 0.29) is 11.6 Å². The van der Waals surface area contributed by atoms with E-state index < -0.39 is 23.3 Å². The van der Waals surface area contributed by atoms with E-state index in [4.69, 9.17) is 17.3 Å². The Bertz CT molecular complexity index is 1240. The zero-order chi connectivity index (χ0) is 22.8. The van der Waals surface area contributed by atoms with Gasteiger partial charge in [0.05, 0.1) is 22.7 Å². The van der Waals surface area contributed by atoms with Crippen LogP contribution in [0.3, 0.4) is 0 Å². The van der Waals surface area contributed by atoms with Gasteiger partial charge in [-0.2, -0.15) is 0 Å². The number of nitrogens with one attached hydrogen (secondary N) is 1. The lowest BCUT2D eigenvalue weighted by Gasteiger charge is -2.28. The Morgan fingerprint density at radius 2 is 1.84 bits per heavy atom. The quantitative estimate of drug-likeness (QED) is 0.551. The van der Waals surface area contributed by atoms with Gasteiger partial charge in [0.1, 0.15) is 5.56 Å². The smallest absolute Gasteiger partial charge is 0.257 e. The van der Waals surface area contributed by atoms with Gasteiger partial charge in [0, 0.05) is 23.7 Å². The van der Waals surface area contributed by atoms with Crippen molar-refractivity contribution in [2.24, 2.45) is 5.73 Å². The van der Waals surface area contributed by atoms with Gasteiger partial charge >= 0.3 is 0 Å². The first-order valence-electron chi connectivity index (χ1n) is 10.5. The van der Waals surface area contributed by atoms with Crippen LogP contribution in [-0.2, 0) is 6.54 Å². The predicted molar refractivity (Wildman–Crippen MR) is 123 cm³/mol. The molecule has 1 fully saturated rings. The van der Waals surface area contributed by atoms with Gasteiger partial charge in [0.25, 0.3) is 5.91 Å². The number of rotatable bonds is 5. The van der Waals surface area contributed by atoms with Gasteiger partial charge in [-0.25, -0.2) is 0 Å². The number of hydrogen-bond donors (Lipinski definition) is 3. The maximum absolute atomic E-state index is 13.1. The molecule has 0 aliphatic heterocycles. The first-order valence-corrected chi connectivity index (χ1v) is 10.9. The van der Waals surface area contributed by atoms with Crippen molar-refractivity contribution >= 4 is 34.3 Å². The SMILES string of the molecule is NC(=O)c1ccc(Cn2cc(C(=O)NC3CCCCC3O)c(=O)c3cccc(Cl)c32)cc1. The first-order chi connectivity index (χ1) is 15.3. The second kappa shape index (κ2) is 9.14. The van der Waals surface area contributed by atoms with E-state index in [9.17, 15) is 19.5 Å². The highest BCUT2D eigenvalue weighted by Gasteiger charge is 2.26. The number of aromatic nitrogens is 1. The molecule has 1 aromatic heterocycles. The molecule has 0 saturated heterocycles. The summed E-state index contributed by atoms with van der Waals surface area (Å²) in [6.07, 6.45) is 4.03. The highest BCUT2D eigenvalue weighted by atomic mass is 35.5. The second-order valence-electron chi connectivity index (χ2n) is 8.13. The molecule has 2 unspecified atom stereocenters. The average Bonchev–Trinajstić information content (AvgIpc) is 2.77. The number of amides is 2. The molecule has 2 amide bonds. The highest BCUT2D eigenvalue weighted by Crippen LogP contribution is 2.24. The fraction of sp³-hybridized carbons (Fsp3) is 0.292. The van der Waals surface area contributed by atoms with Crippen LogP contribution in [0.5, 0.6) is 0 Å². The van der Waals surface area contributed by atoms with Crippen LogP contribution in [0.2, 0.25) is 5.02 Å². The molecule has 3 aromatic rings. The minimum Gasteiger partial charge on any atom is -0.391 e. The Hall–Kier alpha value is -3.16. The molecule has 0 radical (unpaired) electrons. The maximum atomic E-state index is 13.1. The Morgan fingerprint density at radius 3 is 2.53 bits per heavy atom. The number of carbonyl (C=O) groups excluding carboxylic acids is 2. The van der Waals surface area contributed by atoms with E-state index in [0.717, 1.165) is 18.4 Å². The van der Waals surface area contributed by atoms with Crippen LogP contribution in [0, 0.1) is 0 Å². The lowest BCUT2D eigenvalue weighted by molar-refractivity contribution is 0.0716. The third-order valence-corrected chi connectivity index (χ3v) is 6.24. The summed E-state index contributed by atoms with van der Waals surface area (Å²) in [5, 5.41) is 13.8. The largest absolute Gasteiger partial charge is 0.391 e. The predicted octanol–water partition coefficient (Wildman–Crippen LogP) is 2.84. The molecule has 4 rings (SSSR count). The van der Waals surface area contributed by atoms with Crippen molar-refractivity contribution in [1.29, 1.82) is 0 Å². The fourth-order valence-electron chi connectivity index (χ4n) is 4.20. The van der Waals surface area contributed by atoms with E-state index in [1.54, 1.807) is 47.0 Å². The number of carbonyl (C=O) groups is 2. The van der Waals surface area contributed by atoms with Crippen molar-refractivity contribution in [2.45, 2.75) is 44.4 Å². The van der Waals surface area contributed by atoms with Crippen LogP contribution in [0.1, 0.15) is 52.0 Å². The van der Waals surface area contributed by atoms with Gasteiger partial charge in [0.15, 0.2) is 0 Å². The van der Waals surface area contributed by atoms with E-state index in [0.29, 0.717) is 40.9 Å². The van der Waals surface area contributed by atoms with Gasteiger partial charge in [-0.05, 0) is 42.7 Å². The highest BCUT2D eigenvalue weighted by molar-refractivity contribution is 6.35. The second-order valence-corrected chi connectivity index (χ2v) is 8.54. The molecule has 1 aliphatic carbocycles. The monoisotopic (exact) mass is 453 g/mol. The van der Waals surface area contributed by atoms with E-state index >= 15 is 0 Å². The first kappa shape index (κ1) is 22.0. The number of aliphatic hydroxyl groups excluding tert-OH is 1. The summed E-state index contributed by atoms with van der Waals surface area (Å²) >= 11 is 6.42. The number of nitrogens with two attached hydrogens (primary N) is 1. The molecule has 7 nitrogen and oxygen atoms in total. The summed E-state index contributed by atoms with van der Waals surface area (Å²) in [4.78, 5) is 37.5. The Labute approximate surface area is 189 Å². The molecule has 1 heterocycles. The molecule has 32 heavy (non-hydrogen) atoms. The summed E-state index contributed by atoms with van der Waals surface area (Å²) in [5.41, 5.74) is 6.64. The van der Waals surface area contributed by atoms with Crippen LogP contribution in [0.25, 0.3) is 10.9 Å². The number of fused-ring (bicyclic) bond motifs is 1. The van der Waals surface area contributed by atoms with Crippen molar-refractivity contribution in [3.8, 4) is 0 Å². The van der Waals surface area contributed by atoms with Gasteiger partial charge in [-0.15, -0.1) is 0 Å². The molecule has 2 aromatic carbocycles. The zero-order valence-corrected chi connectivity index (χ0v) is 18.1. The summed E-state index contributed by atoms with van der Waals surface area (Å²) in [7, 11) is 0. The van der Waals surface area contributed by atoms with Crippen LogP contribution < -0.4 is 16.5 Å². The van der Waals surface area contributed by atoms with Crippen molar-refractivity contribution in [2.75, 3.05) is 0 Å². The van der Waals surface area contributed by atoms with Crippen LogP contribution in [0.15, 0.2) is 53.5 Å². The molecule has 4 N–H and O–H groups in total. The van der Waals surface area contributed by atoms with Crippen molar-refractivity contribution in [3.63, 3.8) is 0 Å². The van der Waals surface area contributed by atoms with Gasteiger partial charge in [0.2, 0.25) is 11.3 Å². The van der Waals surface area contributed by atoms with Crippen molar-refractivity contribution < 1.29 is 14.7 Å².